The smallest absolute Gasteiger partial charge is 0.326 e. The van der Waals surface area contributed by atoms with Crippen LogP contribution in [0.5, 0.6) is 0 Å². The molecule has 0 aliphatic heterocycles. The molecule has 1 amide bonds. The number of nitrogens with zero attached hydrogens (tertiary/aromatic N) is 1. The lowest BCUT2D eigenvalue weighted by molar-refractivity contribution is -0.139. The molecule has 0 radical (unpaired) electrons. The molecule has 1 aromatic carbocycles. The van der Waals surface area contributed by atoms with Gasteiger partial charge in [-0.2, -0.15) is 0 Å². The molecule has 1 atom stereocenters. The van der Waals surface area contributed by atoms with Gasteiger partial charge in [-0.05, 0) is 24.3 Å². The van der Waals surface area contributed by atoms with Gasteiger partial charge in [-0.15, -0.1) is 0 Å². The topological polar surface area (TPSA) is 113 Å². The molecule has 0 saturated carbocycles. The average Bonchev–Trinajstić information content (AvgIpc) is 2.50. The van der Waals surface area contributed by atoms with E-state index in [0.29, 0.717) is 0 Å². The van der Waals surface area contributed by atoms with Crippen molar-refractivity contribution in [1.82, 2.24) is 9.62 Å². The first-order chi connectivity index (χ1) is 10.7. The molecular formula is C14H20N2O6S. The van der Waals surface area contributed by atoms with Crippen LogP contribution in [0.1, 0.15) is 16.8 Å². The molecule has 9 heteroatoms. The summed E-state index contributed by atoms with van der Waals surface area (Å²) >= 11 is 0. The van der Waals surface area contributed by atoms with Crippen LogP contribution in [-0.2, 0) is 19.6 Å². The third-order valence-corrected chi connectivity index (χ3v) is 4.94. The van der Waals surface area contributed by atoms with Crippen LogP contribution in [0, 0.1) is 0 Å². The molecule has 0 spiro atoms. The number of hydrogen-bond acceptors (Lipinski definition) is 5. The number of sulfonamides is 1. The summed E-state index contributed by atoms with van der Waals surface area (Å²) in [7, 11) is 0.670. The predicted molar refractivity (Wildman–Crippen MR) is 82.7 cm³/mol. The van der Waals surface area contributed by atoms with Crippen LogP contribution >= 0.6 is 0 Å². The van der Waals surface area contributed by atoms with E-state index >= 15 is 0 Å². The second-order valence-corrected chi connectivity index (χ2v) is 7.11. The van der Waals surface area contributed by atoms with E-state index < -0.39 is 27.9 Å². The maximum Gasteiger partial charge on any atom is 0.326 e. The van der Waals surface area contributed by atoms with Gasteiger partial charge >= 0.3 is 5.97 Å². The lowest BCUT2D eigenvalue weighted by Crippen LogP contribution is -2.41. The standard InChI is InChI=1S/C14H20N2O6S/c1-16(2)23(20,21)11-6-4-10(5-7-11)13(17)15-12(14(18)19)8-9-22-3/h4-7,12H,8-9H2,1-3H3,(H,15,17)(H,18,19). The normalized spacial score (nSPS) is 12.9. The second-order valence-electron chi connectivity index (χ2n) is 4.96. The summed E-state index contributed by atoms with van der Waals surface area (Å²) in [5.74, 6) is -1.76. The van der Waals surface area contributed by atoms with Crippen LogP contribution < -0.4 is 5.32 Å². The van der Waals surface area contributed by atoms with Crippen molar-refractivity contribution in [2.45, 2.75) is 17.4 Å². The van der Waals surface area contributed by atoms with Gasteiger partial charge in [0.1, 0.15) is 6.04 Å². The van der Waals surface area contributed by atoms with Crippen molar-refractivity contribution in [3.05, 3.63) is 29.8 Å². The molecule has 8 nitrogen and oxygen atoms in total. The SMILES string of the molecule is COCCC(NC(=O)c1ccc(S(=O)(=O)N(C)C)cc1)C(=O)O. The molecule has 0 heterocycles. The molecule has 0 bridgehead atoms. The van der Waals surface area contributed by atoms with Gasteiger partial charge in [0.2, 0.25) is 10.0 Å². The van der Waals surface area contributed by atoms with Gasteiger partial charge in [0.25, 0.3) is 5.91 Å². The molecule has 1 unspecified atom stereocenters. The minimum Gasteiger partial charge on any atom is -0.480 e. The Labute approximate surface area is 135 Å². The van der Waals surface area contributed by atoms with Crippen molar-refractivity contribution in [1.29, 1.82) is 0 Å². The first kappa shape index (κ1) is 19.1. The molecule has 1 rings (SSSR count). The number of methoxy groups -OCH3 is 1. The Morgan fingerprint density at radius 3 is 2.26 bits per heavy atom. The minimum atomic E-state index is -3.58. The van der Waals surface area contributed by atoms with Crippen molar-refractivity contribution in [2.75, 3.05) is 27.8 Å². The Morgan fingerprint density at radius 2 is 1.83 bits per heavy atom. The van der Waals surface area contributed by atoms with E-state index in [9.17, 15) is 18.0 Å². The Hall–Kier alpha value is -1.97. The Morgan fingerprint density at radius 1 is 1.26 bits per heavy atom. The van der Waals surface area contributed by atoms with Gasteiger partial charge in [-0.1, -0.05) is 0 Å². The molecule has 0 aliphatic carbocycles. The highest BCUT2D eigenvalue weighted by atomic mass is 32.2. The third kappa shape index (κ3) is 5.02. The van der Waals surface area contributed by atoms with E-state index in [-0.39, 0.29) is 23.5 Å². The third-order valence-electron chi connectivity index (χ3n) is 3.11. The maximum absolute atomic E-state index is 12.0. The zero-order valence-corrected chi connectivity index (χ0v) is 14.0. The monoisotopic (exact) mass is 344 g/mol. The maximum atomic E-state index is 12.0. The molecule has 0 aliphatic rings. The number of carbonyl (C=O) groups is 2. The van der Waals surface area contributed by atoms with Gasteiger partial charge in [0, 0.05) is 39.8 Å². The van der Waals surface area contributed by atoms with E-state index in [1.807, 2.05) is 0 Å². The number of amides is 1. The lowest BCUT2D eigenvalue weighted by atomic mass is 10.1. The lowest BCUT2D eigenvalue weighted by Gasteiger charge is -2.15. The van der Waals surface area contributed by atoms with Crippen LogP contribution in [0.25, 0.3) is 0 Å². The molecule has 0 fully saturated rings. The quantitative estimate of drug-likeness (QED) is 0.694. The summed E-state index contributed by atoms with van der Waals surface area (Å²) < 4.78 is 29.7. The summed E-state index contributed by atoms with van der Waals surface area (Å²) in [5.41, 5.74) is 0.173. The van der Waals surface area contributed by atoms with Crippen molar-refractivity contribution >= 4 is 21.9 Å². The highest BCUT2D eigenvalue weighted by molar-refractivity contribution is 7.89. The molecule has 1 aromatic rings. The van der Waals surface area contributed by atoms with E-state index in [4.69, 9.17) is 9.84 Å². The fraction of sp³-hybridized carbons (Fsp3) is 0.429. The zero-order valence-electron chi connectivity index (χ0n) is 13.1. The predicted octanol–water partition coefficient (Wildman–Crippen LogP) is 0.156. The number of hydrogen-bond donors (Lipinski definition) is 2. The molecular weight excluding hydrogens is 324 g/mol. The van der Waals surface area contributed by atoms with Gasteiger partial charge in [-0.3, -0.25) is 4.79 Å². The van der Waals surface area contributed by atoms with Crippen molar-refractivity contribution < 1.29 is 27.9 Å². The Bertz CT molecular complexity index is 654. The minimum absolute atomic E-state index is 0.0493. The van der Waals surface area contributed by atoms with Crippen LogP contribution in [0.4, 0.5) is 0 Å². The second kappa shape index (κ2) is 8.04. The van der Waals surface area contributed by atoms with E-state index in [1.54, 1.807) is 0 Å². The highest BCUT2D eigenvalue weighted by Crippen LogP contribution is 2.14. The van der Waals surface area contributed by atoms with Crippen molar-refractivity contribution in [3.8, 4) is 0 Å². The van der Waals surface area contributed by atoms with Crippen molar-refractivity contribution in [3.63, 3.8) is 0 Å². The summed E-state index contributed by atoms with van der Waals surface area (Å²) in [6, 6.07) is 4.19. The number of carboxylic acids is 1. The van der Waals surface area contributed by atoms with Crippen LogP contribution in [0.15, 0.2) is 29.2 Å². The zero-order chi connectivity index (χ0) is 17.6. The molecule has 23 heavy (non-hydrogen) atoms. The van der Waals surface area contributed by atoms with E-state index in [2.05, 4.69) is 5.32 Å². The molecule has 128 valence electrons. The number of nitrogens with one attached hydrogen (secondary N) is 1. The molecule has 2 N–H and O–H groups in total. The number of rotatable bonds is 8. The summed E-state index contributed by atoms with van der Waals surface area (Å²) in [6.07, 6.45) is 0.130. The summed E-state index contributed by atoms with van der Waals surface area (Å²) in [4.78, 5) is 23.2. The van der Waals surface area contributed by atoms with Gasteiger partial charge < -0.3 is 15.2 Å². The fourth-order valence-corrected chi connectivity index (χ4v) is 2.63. The van der Waals surface area contributed by atoms with Crippen LogP contribution in [0.2, 0.25) is 0 Å². The number of carboxylic acid groups (broad SMARTS) is 1. The molecule has 0 saturated heterocycles. The van der Waals surface area contributed by atoms with E-state index in [1.165, 1.54) is 45.5 Å². The number of ether oxygens (including phenoxy) is 1. The number of carbonyl (C=O) groups excluding carboxylic acids is 1. The molecule has 0 aromatic heterocycles. The number of aliphatic carboxylic acids is 1. The average molecular weight is 344 g/mol. The first-order valence-electron chi connectivity index (χ1n) is 6.75. The van der Waals surface area contributed by atoms with Crippen molar-refractivity contribution in [2.24, 2.45) is 0 Å². The Balaban J connectivity index is 2.87. The highest BCUT2D eigenvalue weighted by Gasteiger charge is 2.21. The van der Waals surface area contributed by atoms with Gasteiger partial charge in [0.05, 0.1) is 4.90 Å². The largest absolute Gasteiger partial charge is 0.480 e. The Kier molecular flexibility index (Phi) is 6.67. The first-order valence-corrected chi connectivity index (χ1v) is 8.19. The fourth-order valence-electron chi connectivity index (χ4n) is 1.72. The van der Waals surface area contributed by atoms with Crippen LogP contribution in [0.3, 0.4) is 0 Å². The number of benzene rings is 1. The van der Waals surface area contributed by atoms with E-state index in [0.717, 1.165) is 4.31 Å². The van der Waals surface area contributed by atoms with Gasteiger partial charge in [0.15, 0.2) is 0 Å². The summed E-state index contributed by atoms with van der Waals surface area (Å²) in [6.45, 7) is 0.192. The summed E-state index contributed by atoms with van der Waals surface area (Å²) in [5, 5.41) is 11.4. The van der Waals surface area contributed by atoms with Crippen LogP contribution in [-0.4, -0.2) is 63.6 Å². The van der Waals surface area contributed by atoms with Gasteiger partial charge in [-0.25, -0.2) is 17.5 Å².